The van der Waals surface area contributed by atoms with Gasteiger partial charge in [0.2, 0.25) is 0 Å². The molecule has 0 saturated heterocycles. The van der Waals surface area contributed by atoms with Crippen LogP contribution in [-0.2, 0) is 20.9 Å². The van der Waals surface area contributed by atoms with Gasteiger partial charge in [-0.05, 0) is 44.4 Å². The minimum atomic E-state index is -0.555. The highest BCUT2D eigenvalue weighted by molar-refractivity contribution is 7.12. The van der Waals surface area contributed by atoms with Crippen molar-refractivity contribution >= 4 is 23.3 Å². The summed E-state index contributed by atoms with van der Waals surface area (Å²) in [5.41, 5.74) is 0.117. The Bertz CT molecular complexity index is 675. The highest BCUT2D eigenvalue weighted by Gasteiger charge is 2.23. The van der Waals surface area contributed by atoms with Crippen molar-refractivity contribution in [3.63, 3.8) is 0 Å². The Hall–Kier alpha value is -2.08. The van der Waals surface area contributed by atoms with E-state index in [1.807, 2.05) is 0 Å². The van der Waals surface area contributed by atoms with Crippen LogP contribution in [0.25, 0.3) is 11.3 Å². The molecule has 0 amide bonds. The Labute approximate surface area is 132 Å². The summed E-state index contributed by atoms with van der Waals surface area (Å²) in [6, 6.07) is 5.26. The Morgan fingerprint density at radius 3 is 2.59 bits per heavy atom. The zero-order chi connectivity index (χ0) is 16.3. The molecule has 0 aromatic carbocycles. The van der Waals surface area contributed by atoms with Gasteiger partial charge in [0.05, 0.1) is 12.5 Å². The van der Waals surface area contributed by atoms with E-state index in [1.54, 1.807) is 44.4 Å². The maximum Gasteiger partial charge on any atom is 0.348 e. The molecule has 22 heavy (non-hydrogen) atoms. The summed E-state index contributed by atoms with van der Waals surface area (Å²) in [5.74, 6) is 0.372. The molecule has 0 aliphatic carbocycles. The summed E-state index contributed by atoms with van der Waals surface area (Å²) >= 11 is 1.29. The van der Waals surface area contributed by atoms with Crippen LogP contribution in [-0.4, -0.2) is 19.0 Å². The molecule has 5 nitrogen and oxygen atoms in total. The standard InChI is InChI=1S/C16H18O5S/c1-16(2,3)15(18)20-9-10-5-6-12(21-10)11-7-8-22-13(11)14(17)19-4/h5-8H,9H2,1-4H3. The molecule has 118 valence electrons. The van der Waals surface area contributed by atoms with Crippen molar-refractivity contribution in [3.05, 3.63) is 34.2 Å². The van der Waals surface area contributed by atoms with E-state index >= 15 is 0 Å². The lowest BCUT2D eigenvalue weighted by Crippen LogP contribution is -2.22. The molecule has 0 radical (unpaired) electrons. The summed E-state index contributed by atoms with van der Waals surface area (Å²) in [6.07, 6.45) is 0. The van der Waals surface area contributed by atoms with Gasteiger partial charge in [0.15, 0.2) is 0 Å². The van der Waals surface area contributed by atoms with Gasteiger partial charge in [-0.25, -0.2) is 4.79 Å². The second kappa shape index (κ2) is 6.36. The number of furan rings is 1. The van der Waals surface area contributed by atoms with Crippen LogP contribution in [0.5, 0.6) is 0 Å². The van der Waals surface area contributed by atoms with E-state index in [9.17, 15) is 9.59 Å². The van der Waals surface area contributed by atoms with Gasteiger partial charge in [0.1, 0.15) is 23.0 Å². The van der Waals surface area contributed by atoms with E-state index in [0.29, 0.717) is 22.0 Å². The number of hydrogen-bond donors (Lipinski definition) is 0. The fourth-order valence-electron chi connectivity index (χ4n) is 1.71. The van der Waals surface area contributed by atoms with Crippen LogP contribution < -0.4 is 0 Å². The number of methoxy groups -OCH3 is 1. The van der Waals surface area contributed by atoms with E-state index in [0.717, 1.165) is 0 Å². The summed E-state index contributed by atoms with van der Waals surface area (Å²) in [7, 11) is 1.34. The highest BCUT2D eigenvalue weighted by Crippen LogP contribution is 2.30. The molecule has 2 aromatic heterocycles. The number of hydrogen-bond acceptors (Lipinski definition) is 6. The molecule has 2 rings (SSSR count). The molecule has 0 unspecified atom stereocenters. The maximum atomic E-state index is 11.7. The first-order chi connectivity index (χ1) is 10.3. The lowest BCUT2D eigenvalue weighted by atomic mass is 9.97. The Kier molecular flexibility index (Phi) is 4.71. The smallest absolute Gasteiger partial charge is 0.348 e. The quantitative estimate of drug-likeness (QED) is 0.799. The van der Waals surface area contributed by atoms with E-state index in [2.05, 4.69) is 0 Å². The fourth-order valence-corrected chi connectivity index (χ4v) is 2.52. The van der Waals surface area contributed by atoms with E-state index in [-0.39, 0.29) is 12.6 Å². The SMILES string of the molecule is COC(=O)c1sccc1-c1ccc(COC(=O)C(C)(C)C)o1. The lowest BCUT2D eigenvalue weighted by molar-refractivity contribution is -0.154. The van der Waals surface area contributed by atoms with Crippen LogP contribution >= 0.6 is 11.3 Å². The maximum absolute atomic E-state index is 11.7. The molecule has 6 heteroatoms. The predicted molar refractivity (Wildman–Crippen MR) is 82.6 cm³/mol. The second-order valence-electron chi connectivity index (χ2n) is 5.75. The molecule has 0 aliphatic heterocycles. The number of esters is 2. The number of thiophene rings is 1. The summed E-state index contributed by atoms with van der Waals surface area (Å²) in [6.45, 7) is 5.43. The highest BCUT2D eigenvalue weighted by atomic mass is 32.1. The van der Waals surface area contributed by atoms with Crippen molar-refractivity contribution in [3.8, 4) is 11.3 Å². The number of carbonyl (C=O) groups excluding carboxylic acids is 2. The van der Waals surface area contributed by atoms with Crippen molar-refractivity contribution in [2.24, 2.45) is 5.41 Å². The van der Waals surface area contributed by atoms with Crippen LogP contribution in [0.4, 0.5) is 0 Å². The Balaban J connectivity index is 2.11. The van der Waals surface area contributed by atoms with Gasteiger partial charge in [0, 0.05) is 5.56 Å². The second-order valence-corrected chi connectivity index (χ2v) is 6.66. The van der Waals surface area contributed by atoms with Gasteiger partial charge in [0.25, 0.3) is 0 Å². The van der Waals surface area contributed by atoms with E-state index < -0.39 is 11.4 Å². The summed E-state index contributed by atoms with van der Waals surface area (Å²) in [5, 5.41) is 1.80. The van der Waals surface area contributed by atoms with Gasteiger partial charge in [-0.3, -0.25) is 4.79 Å². The van der Waals surface area contributed by atoms with E-state index in [1.165, 1.54) is 18.4 Å². The Morgan fingerprint density at radius 2 is 1.95 bits per heavy atom. The van der Waals surface area contributed by atoms with Crippen LogP contribution in [0.2, 0.25) is 0 Å². The summed E-state index contributed by atoms with van der Waals surface area (Å²) in [4.78, 5) is 23.9. The monoisotopic (exact) mass is 322 g/mol. The number of ether oxygens (including phenoxy) is 2. The fraction of sp³-hybridized carbons (Fsp3) is 0.375. The van der Waals surface area contributed by atoms with Crippen molar-refractivity contribution in [1.29, 1.82) is 0 Å². The Morgan fingerprint density at radius 1 is 1.23 bits per heavy atom. The number of rotatable bonds is 4. The molecular formula is C16H18O5S. The van der Waals surface area contributed by atoms with Gasteiger partial charge in [-0.15, -0.1) is 11.3 Å². The molecule has 0 spiro atoms. The van der Waals surface area contributed by atoms with E-state index in [4.69, 9.17) is 13.9 Å². The first-order valence-electron chi connectivity index (χ1n) is 6.75. The minimum Gasteiger partial charge on any atom is -0.465 e. The van der Waals surface area contributed by atoms with Gasteiger partial charge >= 0.3 is 11.9 Å². The van der Waals surface area contributed by atoms with Gasteiger partial charge in [-0.1, -0.05) is 0 Å². The van der Waals surface area contributed by atoms with Crippen LogP contribution in [0, 0.1) is 5.41 Å². The van der Waals surface area contributed by atoms with Crippen LogP contribution in [0.1, 0.15) is 36.2 Å². The average Bonchev–Trinajstić information content (AvgIpc) is 3.11. The third kappa shape index (κ3) is 3.57. The van der Waals surface area contributed by atoms with Crippen molar-refractivity contribution < 1.29 is 23.5 Å². The topological polar surface area (TPSA) is 65.7 Å². The first-order valence-corrected chi connectivity index (χ1v) is 7.63. The predicted octanol–water partition coefficient (Wildman–Crippen LogP) is 3.88. The molecule has 2 aromatic rings. The molecule has 0 saturated carbocycles. The summed E-state index contributed by atoms with van der Waals surface area (Å²) < 4.78 is 15.6. The zero-order valence-electron chi connectivity index (χ0n) is 13.0. The zero-order valence-corrected chi connectivity index (χ0v) is 13.8. The largest absolute Gasteiger partial charge is 0.465 e. The molecule has 2 heterocycles. The molecular weight excluding hydrogens is 304 g/mol. The third-order valence-electron chi connectivity index (χ3n) is 2.92. The lowest BCUT2D eigenvalue weighted by Gasteiger charge is -2.15. The van der Waals surface area contributed by atoms with Gasteiger partial charge in [-0.2, -0.15) is 0 Å². The normalized spacial score (nSPS) is 11.3. The van der Waals surface area contributed by atoms with Crippen molar-refractivity contribution in [1.82, 2.24) is 0 Å². The average molecular weight is 322 g/mol. The third-order valence-corrected chi connectivity index (χ3v) is 3.82. The van der Waals surface area contributed by atoms with Gasteiger partial charge < -0.3 is 13.9 Å². The molecule has 0 atom stereocenters. The number of carbonyl (C=O) groups is 2. The molecule has 0 N–H and O–H groups in total. The van der Waals surface area contributed by atoms with Crippen molar-refractivity contribution in [2.75, 3.05) is 7.11 Å². The molecule has 0 aliphatic rings. The first kappa shape index (κ1) is 16.3. The van der Waals surface area contributed by atoms with Crippen LogP contribution in [0.15, 0.2) is 28.0 Å². The minimum absolute atomic E-state index is 0.0633. The molecule has 0 fully saturated rings. The molecule has 0 bridgehead atoms. The van der Waals surface area contributed by atoms with Crippen molar-refractivity contribution in [2.45, 2.75) is 27.4 Å². The van der Waals surface area contributed by atoms with Crippen LogP contribution in [0.3, 0.4) is 0 Å².